The highest BCUT2D eigenvalue weighted by atomic mass is 32.2. The molecule has 4 N–H and O–H groups in total. The van der Waals surface area contributed by atoms with Gasteiger partial charge in [0, 0.05) is 56.3 Å². The van der Waals surface area contributed by atoms with Gasteiger partial charge in [0.1, 0.15) is 0 Å². The van der Waals surface area contributed by atoms with Crippen LogP contribution in [0.3, 0.4) is 0 Å². The van der Waals surface area contributed by atoms with E-state index in [1.54, 1.807) is 0 Å². The molecule has 0 unspecified atom stereocenters. The summed E-state index contributed by atoms with van der Waals surface area (Å²) in [7, 11) is 0. The molecular formula is C73H58N4OS2. The fourth-order valence-corrected chi connectivity index (χ4v) is 13.0. The van der Waals surface area contributed by atoms with Crippen molar-refractivity contribution < 1.29 is 4.74 Å². The Bertz CT molecular complexity index is 3340. The molecule has 3 aliphatic carbocycles. The molecule has 0 saturated heterocycles. The summed E-state index contributed by atoms with van der Waals surface area (Å²) in [6.45, 7) is 0. The number of benzene rings is 10. The number of nitrogens with one attached hydrogen (secondary N) is 4. The van der Waals surface area contributed by atoms with Gasteiger partial charge in [-0.1, -0.05) is 194 Å². The lowest BCUT2D eigenvalue weighted by atomic mass is 9.86. The zero-order chi connectivity index (χ0) is 53.5. The number of fused-ring (bicyclic) bond motifs is 14. The molecule has 18 rings (SSSR count). The van der Waals surface area contributed by atoms with Crippen LogP contribution in [0.4, 0.5) is 34.1 Å². The van der Waals surface area contributed by atoms with Crippen LogP contribution in [-0.4, -0.2) is 4.98 Å². The Hall–Kier alpha value is -9.27. The third-order valence-electron chi connectivity index (χ3n) is 15.1. The standard InChI is InChI=1S/C14H12.C13H11N.C12H9NO.C12H9NS.C11H9N.C11H8S/c1-2-6-12-10-14-8-4-3-7-13(14)9-11(12)5-1;1-3-7-12-10(5-1)9-11-6-2-4-8-13(11)14-12;2*1-3-7-11-9(5-1)13-10-6-2-4-8-12(10)14-11;2*1-2-4-10-8(3-1)7-9-5-6-12-11(9)10/h1-8H,9-10H2;1-8,14H,9H2;2*1-8,13H;1-6,12H,7H2;1-6H,7H2. The summed E-state index contributed by atoms with van der Waals surface area (Å²) in [6.07, 6.45) is 7.49. The van der Waals surface area contributed by atoms with Crippen LogP contribution in [0.5, 0.6) is 11.5 Å². The van der Waals surface area contributed by atoms with Crippen LogP contribution in [0.25, 0.3) is 21.7 Å². The highest BCUT2D eigenvalue weighted by molar-refractivity contribution is 7.99. The zero-order valence-corrected chi connectivity index (χ0v) is 45.8. The van der Waals surface area contributed by atoms with Crippen molar-refractivity contribution in [2.45, 2.75) is 41.9 Å². The fraction of sp³-hybridized carbons (Fsp3) is 0.0685. The van der Waals surface area contributed by atoms with E-state index >= 15 is 0 Å². The summed E-state index contributed by atoms with van der Waals surface area (Å²) in [6, 6.07) is 88.7. The molecule has 6 aliphatic rings. The van der Waals surface area contributed by atoms with Crippen LogP contribution < -0.4 is 20.7 Å². The first-order valence-electron chi connectivity index (χ1n) is 27.3. The highest BCUT2D eigenvalue weighted by Crippen LogP contribution is 2.45. The first kappa shape index (κ1) is 50.2. The summed E-state index contributed by atoms with van der Waals surface area (Å²) in [5.41, 5.74) is 25.6. The average molecular weight is 1070 g/mol. The van der Waals surface area contributed by atoms with Gasteiger partial charge in [0.2, 0.25) is 0 Å². The summed E-state index contributed by atoms with van der Waals surface area (Å²) < 4.78 is 5.71. The van der Waals surface area contributed by atoms with Crippen molar-refractivity contribution in [3.63, 3.8) is 0 Å². The van der Waals surface area contributed by atoms with Crippen LogP contribution in [-0.2, 0) is 32.1 Å². The lowest BCUT2D eigenvalue weighted by Gasteiger charge is -2.20. The van der Waals surface area contributed by atoms with Crippen LogP contribution in [0.15, 0.2) is 276 Å². The number of ether oxygens (including phenoxy) is 1. The third kappa shape index (κ3) is 11.1. The van der Waals surface area contributed by atoms with E-state index in [1.165, 1.54) is 110 Å². The van der Waals surface area contributed by atoms with E-state index in [4.69, 9.17) is 4.74 Å². The molecule has 2 aromatic heterocycles. The Balaban J connectivity index is 0.0000000908. The van der Waals surface area contributed by atoms with E-state index in [0.717, 1.165) is 55.0 Å². The maximum Gasteiger partial charge on any atom is 0.150 e. The molecule has 5 heterocycles. The number of H-pyrrole nitrogens is 1. The summed E-state index contributed by atoms with van der Waals surface area (Å²) in [4.78, 5) is 7.35. The molecule has 0 atom stereocenters. The quantitative estimate of drug-likeness (QED) is 0.122. The number of thiophene rings is 1. The number of aromatic nitrogens is 1. The topological polar surface area (TPSA) is 61.1 Å². The minimum Gasteiger partial charge on any atom is -0.453 e. The number of rotatable bonds is 0. The van der Waals surface area contributed by atoms with Gasteiger partial charge >= 0.3 is 0 Å². The van der Waals surface area contributed by atoms with Gasteiger partial charge in [-0.2, -0.15) is 0 Å². The van der Waals surface area contributed by atoms with Gasteiger partial charge in [0.25, 0.3) is 0 Å². The van der Waals surface area contributed by atoms with Gasteiger partial charge in [-0.3, -0.25) is 0 Å². The van der Waals surface area contributed by atoms with Crippen LogP contribution in [0.1, 0.15) is 55.6 Å². The van der Waals surface area contributed by atoms with Crippen molar-refractivity contribution in [1.82, 2.24) is 4.98 Å². The third-order valence-corrected chi connectivity index (χ3v) is 17.2. The van der Waals surface area contributed by atoms with E-state index in [1.807, 2.05) is 77.8 Å². The van der Waals surface area contributed by atoms with E-state index in [2.05, 4.69) is 233 Å². The summed E-state index contributed by atoms with van der Waals surface area (Å²) in [5.74, 6) is 1.76. The molecule has 0 spiro atoms. The van der Waals surface area contributed by atoms with Crippen molar-refractivity contribution >= 4 is 57.2 Å². The monoisotopic (exact) mass is 1070 g/mol. The number of anilines is 6. The second-order valence-electron chi connectivity index (χ2n) is 20.3. The SMILES string of the molecule is c1ccc2c(c1)Cc1cc[nH]c1-2.c1ccc2c(c1)Cc1ccccc1C2.c1ccc2c(c1)Cc1ccccc1N2.c1ccc2c(c1)Cc1ccsc1-2.c1ccc2c(c1)Nc1ccccc1O2.c1ccc2c(c1)Nc1ccccc1S2. The van der Waals surface area contributed by atoms with Crippen molar-refractivity contribution in [2.75, 3.05) is 16.0 Å². The van der Waals surface area contributed by atoms with E-state index < -0.39 is 0 Å². The molecule has 0 fully saturated rings. The second kappa shape index (κ2) is 23.4. The molecule has 0 bridgehead atoms. The molecule has 388 valence electrons. The van der Waals surface area contributed by atoms with Crippen molar-refractivity contribution in [3.05, 3.63) is 322 Å². The number of hydrogen-bond donors (Lipinski definition) is 4. The minimum absolute atomic E-state index is 0.881. The van der Waals surface area contributed by atoms with Crippen molar-refractivity contribution in [1.29, 1.82) is 0 Å². The summed E-state index contributed by atoms with van der Waals surface area (Å²) >= 11 is 3.67. The number of aromatic amines is 1. The molecular weight excluding hydrogens is 1010 g/mol. The van der Waals surface area contributed by atoms with Crippen molar-refractivity contribution in [2.24, 2.45) is 0 Å². The second-order valence-corrected chi connectivity index (χ2v) is 22.3. The summed E-state index contributed by atoms with van der Waals surface area (Å²) in [5, 5.41) is 12.4. The molecule has 0 saturated carbocycles. The van der Waals surface area contributed by atoms with Crippen LogP contribution >= 0.6 is 23.1 Å². The Morgan fingerprint density at radius 2 is 0.662 bits per heavy atom. The fourth-order valence-electron chi connectivity index (χ4n) is 11.1. The largest absolute Gasteiger partial charge is 0.453 e. The molecule has 0 radical (unpaired) electrons. The molecule has 5 nitrogen and oxygen atoms in total. The van der Waals surface area contributed by atoms with Gasteiger partial charge in [-0.25, -0.2) is 0 Å². The van der Waals surface area contributed by atoms with Crippen LogP contribution in [0.2, 0.25) is 0 Å². The van der Waals surface area contributed by atoms with E-state index in [0.29, 0.717) is 0 Å². The smallest absolute Gasteiger partial charge is 0.150 e. The highest BCUT2D eigenvalue weighted by Gasteiger charge is 2.20. The molecule has 3 aliphatic heterocycles. The maximum absolute atomic E-state index is 5.71. The Morgan fingerprint density at radius 1 is 0.287 bits per heavy atom. The van der Waals surface area contributed by atoms with Crippen LogP contribution in [0, 0.1) is 0 Å². The van der Waals surface area contributed by atoms with Gasteiger partial charge in [0.15, 0.2) is 11.5 Å². The Labute approximate surface area is 477 Å². The maximum atomic E-state index is 5.71. The van der Waals surface area contributed by atoms with Crippen molar-refractivity contribution in [3.8, 4) is 33.2 Å². The molecule has 12 aromatic rings. The predicted octanol–water partition coefficient (Wildman–Crippen LogP) is 19.9. The zero-order valence-electron chi connectivity index (χ0n) is 44.2. The van der Waals surface area contributed by atoms with Gasteiger partial charge < -0.3 is 25.7 Å². The number of para-hydroxylation sites is 8. The Kier molecular flexibility index (Phi) is 14.7. The predicted molar refractivity (Wildman–Crippen MR) is 336 cm³/mol. The average Bonchev–Trinajstić information content (AvgIpc) is 4.34. The first-order valence-corrected chi connectivity index (χ1v) is 29.0. The molecule has 10 aromatic carbocycles. The lowest BCUT2D eigenvalue weighted by molar-refractivity contribution is 0.481. The Morgan fingerprint density at radius 3 is 1.23 bits per heavy atom. The van der Waals surface area contributed by atoms with Gasteiger partial charge in [0.05, 0.1) is 22.7 Å². The molecule has 7 heteroatoms. The lowest BCUT2D eigenvalue weighted by Crippen LogP contribution is -2.06. The normalized spacial score (nSPS) is 12.6. The molecule has 80 heavy (non-hydrogen) atoms. The van der Waals surface area contributed by atoms with E-state index in [9.17, 15) is 0 Å². The number of hydrogen-bond acceptors (Lipinski definition) is 6. The van der Waals surface area contributed by atoms with Gasteiger partial charge in [-0.05, 0) is 159 Å². The minimum atomic E-state index is 0.881. The molecule has 0 amide bonds. The van der Waals surface area contributed by atoms with E-state index in [-0.39, 0.29) is 0 Å². The van der Waals surface area contributed by atoms with Gasteiger partial charge in [-0.15, -0.1) is 11.3 Å². The first-order chi connectivity index (χ1) is 39.6.